The Bertz CT molecular complexity index is 494. The summed E-state index contributed by atoms with van der Waals surface area (Å²) in [7, 11) is -3.44. The maximum Gasteiger partial charge on any atom is 0.250 e. The van der Waals surface area contributed by atoms with Crippen molar-refractivity contribution in [3.8, 4) is 0 Å². The lowest BCUT2D eigenvalue weighted by molar-refractivity contribution is 0.129. The van der Waals surface area contributed by atoms with E-state index in [-0.39, 0.29) is 10.8 Å². The number of hydrogen-bond acceptors (Lipinski definition) is 5. The second kappa shape index (κ2) is 6.81. The first kappa shape index (κ1) is 14.9. The van der Waals surface area contributed by atoms with Gasteiger partial charge in [-0.2, -0.15) is 0 Å². The Morgan fingerprint density at radius 2 is 2.21 bits per heavy atom. The predicted octanol–water partition coefficient (Wildman–Crippen LogP) is 0.988. The number of aliphatic hydroxyl groups is 1. The molecule has 1 heterocycles. The molecule has 1 aromatic heterocycles. The zero-order valence-corrected chi connectivity index (χ0v) is 12.3. The molecular weight excluding hydrogens is 286 g/mol. The Kier molecular flexibility index (Phi) is 5.35. The Morgan fingerprint density at radius 1 is 1.42 bits per heavy atom. The third-order valence-corrected chi connectivity index (χ3v) is 5.95. The van der Waals surface area contributed by atoms with Crippen molar-refractivity contribution >= 4 is 21.4 Å². The molecule has 1 aromatic rings. The topological polar surface area (TPSA) is 75.6 Å². The summed E-state index contributed by atoms with van der Waals surface area (Å²) in [5.41, 5.74) is 0. The molecule has 2 rings (SSSR count). The lowest BCUT2D eigenvalue weighted by Gasteiger charge is -2.05. The molecule has 19 heavy (non-hydrogen) atoms. The van der Waals surface area contributed by atoms with Gasteiger partial charge in [0.25, 0.3) is 0 Å². The Morgan fingerprint density at radius 3 is 2.89 bits per heavy atom. The number of aliphatic hydroxyl groups excluding tert-OH is 1. The lowest BCUT2D eigenvalue weighted by Crippen LogP contribution is -2.27. The molecule has 0 atom stereocenters. The molecule has 5 nitrogen and oxygen atoms in total. The van der Waals surface area contributed by atoms with Gasteiger partial charge in [-0.05, 0) is 30.9 Å². The molecule has 0 amide bonds. The van der Waals surface area contributed by atoms with Crippen LogP contribution in [0.3, 0.4) is 0 Å². The molecule has 0 radical (unpaired) electrons. The van der Waals surface area contributed by atoms with Crippen molar-refractivity contribution in [2.75, 3.05) is 26.4 Å². The summed E-state index contributed by atoms with van der Waals surface area (Å²) in [6.45, 7) is 1.47. The number of hydrogen-bond donors (Lipinski definition) is 2. The monoisotopic (exact) mass is 305 g/mol. The fourth-order valence-corrected chi connectivity index (χ4v) is 4.00. The highest BCUT2D eigenvalue weighted by atomic mass is 32.2. The van der Waals surface area contributed by atoms with E-state index < -0.39 is 10.0 Å². The van der Waals surface area contributed by atoms with Crippen LogP contribution in [0.25, 0.3) is 0 Å². The molecule has 0 unspecified atom stereocenters. The summed E-state index contributed by atoms with van der Waals surface area (Å²) in [6, 6.07) is 3.31. The summed E-state index contributed by atoms with van der Waals surface area (Å²) in [6.07, 6.45) is 2.95. The Balaban J connectivity index is 1.75. The van der Waals surface area contributed by atoms with E-state index in [1.54, 1.807) is 12.1 Å². The van der Waals surface area contributed by atoms with Crippen molar-refractivity contribution in [2.45, 2.75) is 23.5 Å². The van der Waals surface area contributed by atoms with Crippen LogP contribution in [0.1, 0.15) is 17.7 Å². The van der Waals surface area contributed by atoms with E-state index in [0.29, 0.717) is 25.5 Å². The van der Waals surface area contributed by atoms with Crippen molar-refractivity contribution in [1.29, 1.82) is 0 Å². The van der Waals surface area contributed by atoms with E-state index in [4.69, 9.17) is 9.84 Å². The van der Waals surface area contributed by atoms with Gasteiger partial charge < -0.3 is 9.84 Å². The lowest BCUT2D eigenvalue weighted by atomic mass is 10.4. The first-order valence-electron chi connectivity index (χ1n) is 6.39. The SMILES string of the molecule is O=S(=O)(NCCOCC1CC1)c1ccc(CCO)s1. The third-order valence-electron chi connectivity index (χ3n) is 2.85. The quantitative estimate of drug-likeness (QED) is 0.667. The molecule has 108 valence electrons. The molecule has 1 saturated carbocycles. The molecule has 1 aliphatic rings. The van der Waals surface area contributed by atoms with Crippen LogP contribution in [0.5, 0.6) is 0 Å². The van der Waals surface area contributed by atoms with Gasteiger partial charge in [-0.3, -0.25) is 0 Å². The molecule has 0 aromatic carbocycles. The zero-order chi connectivity index (χ0) is 13.7. The van der Waals surface area contributed by atoms with Crippen molar-refractivity contribution in [1.82, 2.24) is 4.72 Å². The van der Waals surface area contributed by atoms with Crippen molar-refractivity contribution in [3.05, 3.63) is 17.0 Å². The molecule has 0 bridgehead atoms. The van der Waals surface area contributed by atoms with Crippen molar-refractivity contribution in [2.24, 2.45) is 5.92 Å². The zero-order valence-electron chi connectivity index (χ0n) is 10.7. The first-order chi connectivity index (χ1) is 9.12. The van der Waals surface area contributed by atoms with Crippen LogP contribution in [0.2, 0.25) is 0 Å². The van der Waals surface area contributed by atoms with E-state index in [2.05, 4.69) is 4.72 Å². The first-order valence-corrected chi connectivity index (χ1v) is 8.69. The molecule has 1 fully saturated rings. The van der Waals surface area contributed by atoms with E-state index in [1.165, 1.54) is 24.2 Å². The Labute approximate surface area is 117 Å². The smallest absolute Gasteiger partial charge is 0.250 e. The van der Waals surface area contributed by atoms with Gasteiger partial charge in [-0.1, -0.05) is 0 Å². The minimum Gasteiger partial charge on any atom is -0.396 e. The fraction of sp³-hybridized carbons (Fsp3) is 0.667. The number of thiophene rings is 1. The third kappa shape index (κ3) is 4.85. The maximum atomic E-state index is 11.9. The van der Waals surface area contributed by atoms with Crippen LogP contribution in [0, 0.1) is 5.92 Å². The van der Waals surface area contributed by atoms with Gasteiger partial charge in [0.05, 0.1) is 6.61 Å². The van der Waals surface area contributed by atoms with Crippen LogP contribution < -0.4 is 4.72 Å². The average Bonchev–Trinajstić information content (AvgIpc) is 3.06. The summed E-state index contributed by atoms with van der Waals surface area (Å²) in [4.78, 5) is 0.868. The number of sulfonamides is 1. The molecule has 0 spiro atoms. The molecule has 0 aliphatic heterocycles. The number of rotatable bonds is 9. The van der Waals surface area contributed by atoms with Crippen LogP contribution in [-0.2, 0) is 21.2 Å². The number of ether oxygens (including phenoxy) is 1. The molecule has 2 N–H and O–H groups in total. The van der Waals surface area contributed by atoms with Gasteiger partial charge in [0, 0.05) is 31.1 Å². The number of nitrogens with one attached hydrogen (secondary N) is 1. The van der Waals surface area contributed by atoms with Crippen LogP contribution in [-0.4, -0.2) is 39.9 Å². The van der Waals surface area contributed by atoms with E-state index in [1.807, 2.05) is 0 Å². The van der Waals surface area contributed by atoms with E-state index in [9.17, 15) is 8.42 Å². The van der Waals surface area contributed by atoms with Gasteiger partial charge >= 0.3 is 0 Å². The van der Waals surface area contributed by atoms with E-state index in [0.717, 1.165) is 11.5 Å². The highest BCUT2D eigenvalue weighted by molar-refractivity contribution is 7.91. The summed E-state index contributed by atoms with van der Waals surface area (Å²) in [5.74, 6) is 0.690. The van der Waals surface area contributed by atoms with Gasteiger partial charge in [0.2, 0.25) is 10.0 Å². The minimum absolute atomic E-state index is 0.0302. The second-order valence-corrected chi connectivity index (χ2v) is 7.77. The largest absolute Gasteiger partial charge is 0.396 e. The predicted molar refractivity (Wildman–Crippen MR) is 73.8 cm³/mol. The molecule has 7 heteroatoms. The minimum atomic E-state index is -3.44. The second-order valence-electron chi connectivity index (χ2n) is 4.61. The van der Waals surface area contributed by atoms with Gasteiger partial charge in [0.15, 0.2) is 0 Å². The van der Waals surface area contributed by atoms with Gasteiger partial charge in [0.1, 0.15) is 4.21 Å². The van der Waals surface area contributed by atoms with Crippen molar-refractivity contribution in [3.63, 3.8) is 0 Å². The highest BCUT2D eigenvalue weighted by Crippen LogP contribution is 2.28. The van der Waals surface area contributed by atoms with Gasteiger partial charge in [-0.15, -0.1) is 11.3 Å². The van der Waals surface area contributed by atoms with Crippen molar-refractivity contribution < 1.29 is 18.3 Å². The summed E-state index contributed by atoms with van der Waals surface area (Å²) >= 11 is 1.19. The molecule has 0 saturated heterocycles. The highest BCUT2D eigenvalue weighted by Gasteiger charge is 2.21. The molecule has 1 aliphatic carbocycles. The van der Waals surface area contributed by atoms with Crippen LogP contribution in [0.15, 0.2) is 16.3 Å². The summed E-state index contributed by atoms with van der Waals surface area (Å²) in [5, 5.41) is 8.81. The average molecular weight is 305 g/mol. The maximum absolute atomic E-state index is 11.9. The van der Waals surface area contributed by atoms with Crippen LogP contribution >= 0.6 is 11.3 Å². The Hall–Kier alpha value is -0.470. The summed E-state index contributed by atoms with van der Waals surface area (Å²) < 4.78 is 32.1. The fourth-order valence-electron chi connectivity index (χ4n) is 1.60. The normalized spacial score (nSPS) is 15.8. The van der Waals surface area contributed by atoms with Crippen LogP contribution in [0.4, 0.5) is 0 Å². The molecular formula is C12H19NO4S2. The standard InChI is InChI=1S/C12H19NO4S2/c14-7-5-11-3-4-12(18-11)19(15,16)13-6-8-17-9-10-1-2-10/h3-4,10,13-14H,1-2,5-9H2. The van der Waals surface area contributed by atoms with E-state index >= 15 is 0 Å². The van der Waals surface area contributed by atoms with Gasteiger partial charge in [-0.25, -0.2) is 13.1 Å².